The Labute approximate surface area is 123 Å². The summed E-state index contributed by atoms with van der Waals surface area (Å²) in [5.74, 6) is 0.115. The summed E-state index contributed by atoms with van der Waals surface area (Å²) in [6.07, 6.45) is 4.29. The van der Waals surface area contributed by atoms with Crippen LogP contribution in [-0.2, 0) is 4.74 Å². The van der Waals surface area contributed by atoms with Crippen LogP contribution in [0.3, 0.4) is 0 Å². The number of nitro benzene ring substituents is 1. The summed E-state index contributed by atoms with van der Waals surface area (Å²) in [5.41, 5.74) is 0.692. The van der Waals surface area contributed by atoms with Crippen LogP contribution in [-0.4, -0.2) is 24.0 Å². The average Bonchev–Trinajstić information content (AvgIpc) is 2.46. The van der Waals surface area contributed by atoms with Gasteiger partial charge in [-0.1, -0.05) is 19.8 Å². The molecule has 0 spiro atoms. The van der Waals surface area contributed by atoms with Gasteiger partial charge in [0.25, 0.3) is 5.69 Å². The molecule has 21 heavy (non-hydrogen) atoms. The third-order valence-corrected chi connectivity index (χ3v) is 3.91. The minimum Gasteiger partial charge on any atom is -0.465 e. The van der Waals surface area contributed by atoms with Gasteiger partial charge in [0.05, 0.1) is 17.6 Å². The van der Waals surface area contributed by atoms with Gasteiger partial charge in [-0.2, -0.15) is 0 Å². The van der Waals surface area contributed by atoms with Crippen molar-refractivity contribution in [3.8, 4) is 0 Å². The summed E-state index contributed by atoms with van der Waals surface area (Å²) >= 11 is 0. The molecule has 0 bridgehead atoms. The quantitative estimate of drug-likeness (QED) is 0.522. The largest absolute Gasteiger partial charge is 0.465 e. The zero-order valence-electron chi connectivity index (χ0n) is 12.3. The molecular weight excluding hydrogens is 272 g/mol. The van der Waals surface area contributed by atoms with Gasteiger partial charge >= 0.3 is 5.97 Å². The fourth-order valence-electron chi connectivity index (χ4n) is 2.84. The molecule has 1 aliphatic rings. The van der Waals surface area contributed by atoms with Gasteiger partial charge in [0.15, 0.2) is 0 Å². The topological polar surface area (TPSA) is 81.5 Å². The Bertz CT molecular complexity index is 544. The number of nitrogens with one attached hydrogen (secondary N) is 1. The molecule has 114 valence electrons. The second-order valence-electron chi connectivity index (χ2n) is 5.59. The van der Waals surface area contributed by atoms with Gasteiger partial charge in [0, 0.05) is 12.1 Å². The van der Waals surface area contributed by atoms with E-state index in [-0.39, 0.29) is 11.7 Å². The van der Waals surface area contributed by atoms with Crippen molar-refractivity contribution in [1.29, 1.82) is 0 Å². The highest BCUT2D eigenvalue weighted by Crippen LogP contribution is 2.31. The maximum Gasteiger partial charge on any atom is 0.337 e. The van der Waals surface area contributed by atoms with E-state index in [9.17, 15) is 14.9 Å². The third kappa shape index (κ3) is 3.71. The van der Waals surface area contributed by atoms with Crippen molar-refractivity contribution < 1.29 is 14.5 Å². The van der Waals surface area contributed by atoms with E-state index in [4.69, 9.17) is 0 Å². The van der Waals surface area contributed by atoms with E-state index >= 15 is 0 Å². The first-order chi connectivity index (χ1) is 10.0. The number of rotatable bonds is 4. The third-order valence-electron chi connectivity index (χ3n) is 3.91. The Balaban J connectivity index is 2.25. The number of esters is 1. The van der Waals surface area contributed by atoms with Crippen molar-refractivity contribution in [2.75, 3.05) is 12.4 Å². The lowest BCUT2D eigenvalue weighted by Gasteiger charge is -2.28. The lowest BCUT2D eigenvalue weighted by atomic mass is 9.87. The molecule has 2 unspecified atom stereocenters. The second-order valence-corrected chi connectivity index (χ2v) is 5.59. The lowest BCUT2D eigenvalue weighted by molar-refractivity contribution is -0.384. The highest BCUT2D eigenvalue weighted by molar-refractivity contribution is 5.91. The van der Waals surface area contributed by atoms with Crippen LogP contribution < -0.4 is 5.32 Å². The molecule has 1 aromatic rings. The van der Waals surface area contributed by atoms with Gasteiger partial charge in [-0.05, 0) is 30.9 Å². The smallest absolute Gasteiger partial charge is 0.337 e. The molecule has 2 rings (SSSR count). The van der Waals surface area contributed by atoms with Crippen LogP contribution in [0.25, 0.3) is 0 Å². The number of nitro groups is 1. The molecule has 0 heterocycles. The van der Waals surface area contributed by atoms with Crippen LogP contribution in [0.2, 0.25) is 0 Å². The second kappa shape index (κ2) is 6.56. The summed E-state index contributed by atoms with van der Waals surface area (Å²) < 4.78 is 4.66. The van der Waals surface area contributed by atoms with Crippen molar-refractivity contribution in [3.63, 3.8) is 0 Å². The van der Waals surface area contributed by atoms with E-state index in [0.29, 0.717) is 17.2 Å². The molecule has 2 atom stereocenters. The Hall–Kier alpha value is -2.11. The predicted octanol–water partition coefficient (Wildman–Crippen LogP) is 3.37. The van der Waals surface area contributed by atoms with Crippen LogP contribution in [0.15, 0.2) is 18.2 Å². The summed E-state index contributed by atoms with van der Waals surface area (Å²) in [5, 5.41) is 14.4. The first kappa shape index (κ1) is 15.3. The van der Waals surface area contributed by atoms with Crippen LogP contribution in [0.1, 0.15) is 43.0 Å². The Kier molecular flexibility index (Phi) is 4.77. The molecule has 0 aromatic heterocycles. The predicted molar refractivity (Wildman–Crippen MR) is 79.5 cm³/mol. The lowest BCUT2D eigenvalue weighted by Crippen LogP contribution is -2.26. The van der Waals surface area contributed by atoms with Crippen molar-refractivity contribution >= 4 is 17.3 Å². The SMILES string of the molecule is COC(=O)c1ccc([N+](=O)[O-])c(NC2CCCC(C)C2)c1. The van der Waals surface area contributed by atoms with E-state index in [0.717, 1.165) is 19.3 Å². The Morgan fingerprint density at radius 2 is 2.19 bits per heavy atom. The van der Waals surface area contributed by atoms with Gasteiger partial charge in [0.1, 0.15) is 5.69 Å². The molecule has 0 saturated heterocycles. The molecular formula is C15H20N2O4. The van der Waals surface area contributed by atoms with Crippen LogP contribution in [0.4, 0.5) is 11.4 Å². The summed E-state index contributed by atoms with van der Waals surface area (Å²) in [7, 11) is 1.29. The molecule has 1 fully saturated rings. The number of anilines is 1. The van der Waals surface area contributed by atoms with Gasteiger partial charge < -0.3 is 10.1 Å². The van der Waals surface area contributed by atoms with Crippen LogP contribution >= 0.6 is 0 Å². The molecule has 1 aliphatic carbocycles. The molecule has 6 heteroatoms. The normalized spacial score (nSPS) is 21.6. The molecule has 1 N–H and O–H groups in total. The number of methoxy groups -OCH3 is 1. The van der Waals surface area contributed by atoms with Crippen molar-refractivity contribution in [2.24, 2.45) is 5.92 Å². The number of ether oxygens (including phenoxy) is 1. The van der Waals surface area contributed by atoms with Gasteiger partial charge in [0.2, 0.25) is 0 Å². The first-order valence-corrected chi connectivity index (χ1v) is 7.14. The number of nitrogens with zero attached hydrogens (tertiary/aromatic N) is 1. The number of hydrogen-bond acceptors (Lipinski definition) is 5. The Morgan fingerprint density at radius 1 is 1.43 bits per heavy atom. The maximum absolute atomic E-state index is 11.6. The summed E-state index contributed by atoms with van der Waals surface area (Å²) in [6, 6.07) is 4.48. The van der Waals surface area contributed by atoms with Crippen molar-refractivity contribution in [1.82, 2.24) is 0 Å². The van der Waals surface area contributed by atoms with Crippen molar-refractivity contribution in [2.45, 2.75) is 38.6 Å². The highest BCUT2D eigenvalue weighted by atomic mass is 16.6. The minimum absolute atomic E-state index is 0.0131. The fourth-order valence-corrected chi connectivity index (χ4v) is 2.84. The monoisotopic (exact) mass is 292 g/mol. The molecule has 6 nitrogen and oxygen atoms in total. The minimum atomic E-state index is -0.495. The van der Waals surface area contributed by atoms with E-state index in [1.165, 1.54) is 31.7 Å². The first-order valence-electron chi connectivity index (χ1n) is 7.14. The Morgan fingerprint density at radius 3 is 2.81 bits per heavy atom. The number of carbonyl (C=O) groups is 1. The van der Waals surface area contributed by atoms with Crippen LogP contribution in [0.5, 0.6) is 0 Å². The number of benzene rings is 1. The zero-order chi connectivity index (χ0) is 15.4. The molecule has 0 radical (unpaired) electrons. The summed E-state index contributed by atoms with van der Waals surface area (Å²) in [4.78, 5) is 22.3. The summed E-state index contributed by atoms with van der Waals surface area (Å²) in [6.45, 7) is 2.19. The molecule has 1 aromatic carbocycles. The number of hydrogen-bond donors (Lipinski definition) is 1. The van der Waals surface area contributed by atoms with E-state index in [2.05, 4.69) is 17.0 Å². The molecule has 1 saturated carbocycles. The van der Waals surface area contributed by atoms with Gasteiger partial charge in [-0.15, -0.1) is 0 Å². The fraction of sp³-hybridized carbons (Fsp3) is 0.533. The van der Waals surface area contributed by atoms with Gasteiger partial charge in [-0.3, -0.25) is 10.1 Å². The van der Waals surface area contributed by atoms with Crippen molar-refractivity contribution in [3.05, 3.63) is 33.9 Å². The number of carbonyl (C=O) groups excluding carboxylic acids is 1. The highest BCUT2D eigenvalue weighted by Gasteiger charge is 2.23. The van der Waals surface area contributed by atoms with E-state index in [1.807, 2.05) is 0 Å². The van der Waals surface area contributed by atoms with Crippen LogP contribution in [0, 0.1) is 16.0 Å². The zero-order valence-corrected chi connectivity index (χ0v) is 12.3. The van der Waals surface area contributed by atoms with E-state index < -0.39 is 10.9 Å². The molecule has 0 amide bonds. The standard InChI is InChI=1S/C15H20N2O4/c1-10-4-3-5-12(8-10)16-13-9-11(15(18)21-2)6-7-14(13)17(19)20/h6-7,9-10,12,16H,3-5,8H2,1-2H3. The molecule has 0 aliphatic heterocycles. The maximum atomic E-state index is 11.6. The average molecular weight is 292 g/mol. The van der Waals surface area contributed by atoms with Gasteiger partial charge in [-0.25, -0.2) is 4.79 Å². The van der Waals surface area contributed by atoms with E-state index in [1.54, 1.807) is 0 Å².